The Hall–Kier alpha value is -1.14. The molecule has 1 saturated heterocycles. The van der Waals surface area contributed by atoms with Crippen molar-refractivity contribution in [3.8, 4) is 0 Å². The number of hydrogen-bond donors (Lipinski definition) is 2. The van der Waals surface area contributed by atoms with E-state index in [1.165, 1.54) is 0 Å². The lowest BCUT2D eigenvalue weighted by Crippen LogP contribution is -2.56. The molecule has 0 aromatic carbocycles. The van der Waals surface area contributed by atoms with E-state index in [2.05, 4.69) is 5.32 Å². The zero-order chi connectivity index (χ0) is 14.3. The molecule has 2 unspecified atom stereocenters. The maximum absolute atomic E-state index is 12.2. The molecule has 1 rings (SSSR count). The van der Waals surface area contributed by atoms with Gasteiger partial charge in [0.25, 0.3) is 0 Å². The third kappa shape index (κ3) is 4.80. The van der Waals surface area contributed by atoms with Crippen molar-refractivity contribution in [3.63, 3.8) is 0 Å². The number of morpholine rings is 1. The van der Waals surface area contributed by atoms with Gasteiger partial charge in [-0.3, -0.25) is 9.59 Å². The van der Waals surface area contributed by atoms with Crippen LogP contribution in [0.4, 0.5) is 0 Å². The summed E-state index contributed by atoms with van der Waals surface area (Å²) in [6.45, 7) is 5.75. The lowest BCUT2D eigenvalue weighted by Gasteiger charge is -2.35. The van der Waals surface area contributed by atoms with Crippen molar-refractivity contribution >= 4 is 11.8 Å². The highest BCUT2D eigenvalue weighted by atomic mass is 16.5. The fourth-order valence-electron chi connectivity index (χ4n) is 1.97. The third-order valence-electron chi connectivity index (χ3n) is 3.26. The monoisotopic (exact) mass is 271 g/mol. The van der Waals surface area contributed by atoms with Crippen LogP contribution < -0.4 is 11.1 Å². The second kappa shape index (κ2) is 8.12. The number of hydrogen-bond acceptors (Lipinski definition) is 4. The van der Waals surface area contributed by atoms with Crippen molar-refractivity contribution in [1.29, 1.82) is 0 Å². The molecule has 2 amide bonds. The Morgan fingerprint density at radius 3 is 2.84 bits per heavy atom. The molecular formula is C13H25N3O3. The van der Waals surface area contributed by atoms with E-state index in [1.807, 2.05) is 13.8 Å². The van der Waals surface area contributed by atoms with E-state index < -0.39 is 6.04 Å². The Balaban J connectivity index is 2.61. The Morgan fingerprint density at radius 2 is 2.21 bits per heavy atom. The Morgan fingerprint density at radius 1 is 1.47 bits per heavy atom. The number of nitrogens with two attached hydrogens (primary N) is 1. The summed E-state index contributed by atoms with van der Waals surface area (Å²) in [5, 5.41) is 2.81. The quantitative estimate of drug-likeness (QED) is 0.704. The molecule has 0 spiro atoms. The first-order valence-electron chi connectivity index (χ1n) is 7.00. The molecule has 110 valence electrons. The minimum atomic E-state index is -0.517. The minimum Gasteiger partial charge on any atom is -0.377 e. The SMILES string of the molecule is CCCNC(=O)C1COCCN1C(=O)CC(N)CC. The largest absolute Gasteiger partial charge is 0.377 e. The standard InChI is InChI=1S/C13H25N3O3/c1-3-5-15-13(18)11-9-19-7-6-16(11)12(17)8-10(14)4-2/h10-11H,3-9,14H2,1-2H3,(H,15,18). The van der Waals surface area contributed by atoms with Gasteiger partial charge in [-0.2, -0.15) is 0 Å². The molecule has 1 aliphatic rings. The number of nitrogens with zero attached hydrogens (tertiary/aromatic N) is 1. The molecule has 3 N–H and O–H groups in total. The topological polar surface area (TPSA) is 84.7 Å². The van der Waals surface area contributed by atoms with E-state index in [4.69, 9.17) is 10.5 Å². The van der Waals surface area contributed by atoms with E-state index in [0.717, 1.165) is 12.8 Å². The number of carbonyl (C=O) groups excluding carboxylic acids is 2. The smallest absolute Gasteiger partial charge is 0.245 e. The van der Waals surface area contributed by atoms with Gasteiger partial charge in [0.2, 0.25) is 11.8 Å². The molecule has 0 radical (unpaired) electrons. The van der Waals surface area contributed by atoms with Crippen molar-refractivity contribution in [1.82, 2.24) is 10.2 Å². The average Bonchev–Trinajstić information content (AvgIpc) is 2.44. The van der Waals surface area contributed by atoms with Crippen LogP contribution in [0, 0.1) is 0 Å². The molecule has 6 heteroatoms. The number of nitrogens with one attached hydrogen (secondary N) is 1. The molecule has 19 heavy (non-hydrogen) atoms. The summed E-state index contributed by atoms with van der Waals surface area (Å²) in [5.74, 6) is -0.200. The maximum atomic E-state index is 12.2. The van der Waals surface area contributed by atoms with E-state index in [1.54, 1.807) is 4.90 Å². The van der Waals surface area contributed by atoms with Crippen molar-refractivity contribution in [3.05, 3.63) is 0 Å². The summed E-state index contributed by atoms with van der Waals surface area (Å²) in [6, 6.07) is -0.661. The summed E-state index contributed by atoms with van der Waals surface area (Å²) in [6.07, 6.45) is 1.91. The molecule has 6 nitrogen and oxygen atoms in total. The Kier molecular flexibility index (Phi) is 6.80. The predicted octanol–water partition coefficient (Wildman–Crippen LogP) is -0.133. The van der Waals surface area contributed by atoms with Gasteiger partial charge in [-0.1, -0.05) is 13.8 Å². The van der Waals surface area contributed by atoms with Crippen LogP contribution >= 0.6 is 0 Å². The Bertz CT molecular complexity index is 310. The molecule has 1 fully saturated rings. The van der Waals surface area contributed by atoms with Gasteiger partial charge in [-0.15, -0.1) is 0 Å². The zero-order valence-electron chi connectivity index (χ0n) is 11.9. The van der Waals surface area contributed by atoms with Crippen LogP contribution in [-0.2, 0) is 14.3 Å². The van der Waals surface area contributed by atoms with Gasteiger partial charge in [-0.25, -0.2) is 0 Å². The summed E-state index contributed by atoms with van der Waals surface area (Å²) < 4.78 is 5.31. The third-order valence-corrected chi connectivity index (χ3v) is 3.26. The second-order valence-electron chi connectivity index (χ2n) is 4.84. The summed E-state index contributed by atoms with van der Waals surface area (Å²) in [4.78, 5) is 25.8. The summed E-state index contributed by atoms with van der Waals surface area (Å²) in [5.41, 5.74) is 5.80. The highest BCUT2D eigenvalue weighted by molar-refractivity contribution is 5.88. The molecule has 1 aliphatic heterocycles. The minimum absolute atomic E-state index is 0.0608. The lowest BCUT2D eigenvalue weighted by atomic mass is 10.1. The van der Waals surface area contributed by atoms with Gasteiger partial charge in [0.1, 0.15) is 6.04 Å². The molecular weight excluding hydrogens is 246 g/mol. The van der Waals surface area contributed by atoms with Crippen LogP contribution in [-0.4, -0.2) is 55.1 Å². The van der Waals surface area contributed by atoms with E-state index in [-0.39, 0.29) is 30.9 Å². The second-order valence-corrected chi connectivity index (χ2v) is 4.84. The number of rotatable bonds is 6. The summed E-state index contributed by atoms with van der Waals surface area (Å²) >= 11 is 0. The van der Waals surface area contributed by atoms with Gasteiger partial charge in [0.05, 0.1) is 13.2 Å². The van der Waals surface area contributed by atoms with Gasteiger partial charge < -0.3 is 20.7 Å². The van der Waals surface area contributed by atoms with Gasteiger partial charge >= 0.3 is 0 Å². The number of carbonyl (C=O) groups is 2. The first kappa shape index (κ1) is 15.9. The highest BCUT2D eigenvalue weighted by Gasteiger charge is 2.32. The number of ether oxygens (including phenoxy) is 1. The molecule has 0 bridgehead atoms. The van der Waals surface area contributed by atoms with Gasteiger partial charge in [0.15, 0.2) is 0 Å². The van der Waals surface area contributed by atoms with Gasteiger partial charge in [0, 0.05) is 25.6 Å². The lowest BCUT2D eigenvalue weighted by molar-refractivity contribution is -0.148. The Labute approximate surface area is 114 Å². The van der Waals surface area contributed by atoms with Gasteiger partial charge in [-0.05, 0) is 12.8 Å². The van der Waals surface area contributed by atoms with Crippen LogP contribution in [0.2, 0.25) is 0 Å². The van der Waals surface area contributed by atoms with Crippen LogP contribution in [0.25, 0.3) is 0 Å². The van der Waals surface area contributed by atoms with Crippen molar-refractivity contribution in [2.24, 2.45) is 5.73 Å². The molecule has 0 aliphatic carbocycles. The van der Waals surface area contributed by atoms with Crippen molar-refractivity contribution in [2.75, 3.05) is 26.3 Å². The van der Waals surface area contributed by atoms with Crippen LogP contribution in [0.15, 0.2) is 0 Å². The maximum Gasteiger partial charge on any atom is 0.245 e. The first-order chi connectivity index (χ1) is 9.10. The van der Waals surface area contributed by atoms with Crippen LogP contribution in [0.1, 0.15) is 33.1 Å². The molecule has 0 aromatic heterocycles. The van der Waals surface area contributed by atoms with Crippen LogP contribution in [0.3, 0.4) is 0 Å². The van der Waals surface area contributed by atoms with E-state index >= 15 is 0 Å². The highest BCUT2D eigenvalue weighted by Crippen LogP contribution is 2.10. The van der Waals surface area contributed by atoms with E-state index in [0.29, 0.717) is 19.7 Å². The first-order valence-corrected chi connectivity index (χ1v) is 7.00. The van der Waals surface area contributed by atoms with Crippen molar-refractivity contribution in [2.45, 2.75) is 45.2 Å². The number of amides is 2. The fraction of sp³-hybridized carbons (Fsp3) is 0.846. The van der Waals surface area contributed by atoms with Crippen LogP contribution in [0.5, 0.6) is 0 Å². The van der Waals surface area contributed by atoms with E-state index in [9.17, 15) is 9.59 Å². The molecule has 0 aromatic rings. The summed E-state index contributed by atoms with van der Waals surface area (Å²) in [7, 11) is 0. The molecule has 0 saturated carbocycles. The molecule has 2 atom stereocenters. The zero-order valence-corrected chi connectivity index (χ0v) is 11.9. The normalized spacial score (nSPS) is 21.0. The van der Waals surface area contributed by atoms with Crippen molar-refractivity contribution < 1.29 is 14.3 Å². The fourth-order valence-corrected chi connectivity index (χ4v) is 1.97. The average molecular weight is 271 g/mol. The predicted molar refractivity (Wildman–Crippen MR) is 72.5 cm³/mol. The molecule has 1 heterocycles.